The maximum atomic E-state index is 8.57. The van der Waals surface area contributed by atoms with Gasteiger partial charge in [-0.1, -0.05) is 0 Å². The second kappa shape index (κ2) is 370. The number of hydrogen-bond acceptors (Lipinski definition) is 1. The van der Waals surface area contributed by atoms with Gasteiger partial charge in [0.2, 0.25) is 0 Å². The van der Waals surface area contributed by atoms with Gasteiger partial charge >= 0.3 is 23.4 Å². The van der Waals surface area contributed by atoms with Crippen molar-refractivity contribution in [3.05, 3.63) is 0 Å². The van der Waals surface area contributed by atoms with Crippen molar-refractivity contribution in [2.75, 3.05) is 0 Å². The minimum atomic E-state index is -1.50. The molecule has 0 amide bonds. The zero-order valence-electron chi connectivity index (χ0n) is 3.47. The third-order valence-electron chi connectivity index (χ3n) is 0. The first-order chi connectivity index (χ1) is 1.41. The summed E-state index contributed by atoms with van der Waals surface area (Å²) in [6.45, 7) is 0. The van der Waals surface area contributed by atoms with Gasteiger partial charge in [0.15, 0.2) is 0 Å². The van der Waals surface area contributed by atoms with Crippen molar-refractivity contribution >= 4 is 15.5 Å². The molecule has 0 aliphatic carbocycles. The molecule has 0 spiro atoms. The van der Waals surface area contributed by atoms with E-state index in [1.54, 1.807) is 0 Å². The van der Waals surface area contributed by atoms with Gasteiger partial charge in [0.1, 0.15) is 0 Å². The molecule has 1 N–H and O–H groups in total. The van der Waals surface area contributed by atoms with E-state index in [0.29, 0.717) is 0 Å². The van der Waals surface area contributed by atoms with Gasteiger partial charge in [-0.3, -0.25) is 23.5 Å². The Balaban J connectivity index is -0.00000000200. The Morgan fingerprint density at radius 3 is 0.875 bits per heavy atom. The molecule has 0 bridgehead atoms. The van der Waals surface area contributed by atoms with Crippen LogP contribution in [0.15, 0.2) is 0 Å². The Hall–Kier alpha value is -0.218. The van der Waals surface area contributed by atoms with Crippen molar-refractivity contribution in [3.63, 3.8) is 0 Å². The zero-order chi connectivity index (χ0) is 2.71. The summed E-state index contributed by atoms with van der Waals surface area (Å²) in [5.41, 5.74) is 0. The van der Waals surface area contributed by atoms with Crippen LogP contribution in [0.1, 0.15) is 0 Å². The van der Waals surface area contributed by atoms with E-state index in [2.05, 4.69) is 0 Å². The summed E-state index contributed by atoms with van der Waals surface area (Å²) in [5, 5.41) is 0. The third-order valence-corrected chi connectivity index (χ3v) is 0. The molecule has 56 valence electrons. The van der Waals surface area contributed by atoms with Crippen LogP contribution in [0.3, 0.4) is 0 Å². The topological polar surface area (TPSA) is 37.3 Å². The van der Waals surface area contributed by atoms with Gasteiger partial charge in [0.05, 0.1) is 0 Å². The maximum absolute atomic E-state index is 8.57. The minimum absolute atomic E-state index is 0. The van der Waals surface area contributed by atoms with Gasteiger partial charge in [0.25, 0.3) is 0 Å². The number of hydrogen-bond donors (Lipinski definition) is 1. The van der Waals surface area contributed by atoms with Crippen molar-refractivity contribution < 1.29 is 31.5 Å². The SMILES string of the molecule is F.F.F.F.F.[O]=[Al][OH]. The molecule has 0 aliphatic rings. The van der Waals surface area contributed by atoms with Crippen LogP contribution < -0.4 is 0 Å². The molecular weight excluding hydrogens is 154 g/mol. The van der Waals surface area contributed by atoms with E-state index in [0.717, 1.165) is 0 Å². The first-order valence-corrected chi connectivity index (χ1v) is 1.48. The molecule has 0 unspecified atom stereocenters. The molecule has 0 saturated carbocycles. The molecule has 0 radical (unpaired) electrons. The van der Waals surface area contributed by atoms with Crippen LogP contribution in [0.4, 0.5) is 23.5 Å². The fourth-order valence-corrected chi connectivity index (χ4v) is 0. The van der Waals surface area contributed by atoms with E-state index in [4.69, 9.17) is 7.96 Å². The Morgan fingerprint density at radius 2 is 0.875 bits per heavy atom. The van der Waals surface area contributed by atoms with Crippen molar-refractivity contribution in [1.82, 2.24) is 0 Å². The quantitative estimate of drug-likeness (QED) is 0.390. The van der Waals surface area contributed by atoms with Gasteiger partial charge in [-0.15, -0.1) is 0 Å². The average molecular weight is 160 g/mol. The van der Waals surface area contributed by atoms with Crippen LogP contribution in [0, 0.1) is 0 Å². The molecular formula is H6AlF5O2. The molecule has 0 fully saturated rings. The molecule has 0 aromatic carbocycles. The predicted octanol–water partition coefficient (Wildman–Crippen LogP) is -0.294. The monoisotopic (exact) mass is 160 g/mol. The summed E-state index contributed by atoms with van der Waals surface area (Å²) in [4.78, 5) is 0. The Labute approximate surface area is 48.0 Å². The fraction of sp³-hybridized carbons (Fsp3) is 0. The van der Waals surface area contributed by atoms with Crippen molar-refractivity contribution in [2.45, 2.75) is 0 Å². The van der Waals surface area contributed by atoms with Crippen LogP contribution in [-0.4, -0.2) is 19.6 Å². The predicted molar refractivity (Wildman–Crippen MR) is 21.2 cm³/mol. The van der Waals surface area contributed by atoms with Gasteiger partial charge in [-0.05, 0) is 0 Å². The molecule has 0 aromatic rings. The molecule has 0 saturated heterocycles. The van der Waals surface area contributed by atoms with Gasteiger partial charge in [0, 0.05) is 0 Å². The number of rotatable bonds is 0. The fourth-order valence-electron chi connectivity index (χ4n) is 0. The standard InChI is InChI=1S/Al.5FH.H2O.O/h;5*1H;1H2;/q+1;;;;;;;/p-1. The molecule has 8 heteroatoms. The van der Waals surface area contributed by atoms with Crippen molar-refractivity contribution in [3.8, 4) is 0 Å². The summed E-state index contributed by atoms with van der Waals surface area (Å²) in [5.74, 6) is 0. The van der Waals surface area contributed by atoms with Crippen molar-refractivity contribution in [1.29, 1.82) is 0 Å². The number of halogens is 5. The van der Waals surface area contributed by atoms with E-state index in [9.17, 15) is 0 Å². The van der Waals surface area contributed by atoms with E-state index in [1.807, 2.05) is 0 Å². The van der Waals surface area contributed by atoms with Crippen LogP contribution >= 0.6 is 0 Å². The van der Waals surface area contributed by atoms with Crippen LogP contribution in [0.25, 0.3) is 0 Å². The summed E-state index contributed by atoms with van der Waals surface area (Å²) in [6.07, 6.45) is 0. The third kappa shape index (κ3) is 2790. The summed E-state index contributed by atoms with van der Waals surface area (Å²) < 4.78 is 15.7. The Morgan fingerprint density at radius 1 is 0.875 bits per heavy atom. The summed E-state index contributed by atoms with van der Waals surface area (Å²) >= 11 is -1.50. The summed E-state index contributed by atoms with van der Waals surface area (Å²) in [7, 11) is 0. The van der Waals surface area contributed by atoms with Crippen LogP contribution in [0.5, 0.6) is 0 Å². The van der Waals surface area contributed by atoms with Gasteiger partial charge in [-0.25, -0.2) is 0 Å². The zero-order valence-corrected chi connectivity index (χ0v) is 4.63. The molecule has 0 heterocycles. The Bertz CT molecular complexity index is 17.9. The second-order valence-corrected chi connectivity index (χ2v) is 0.316. The Kier molecular flexibility index (Phi) is 5220. The molecule has 8 heavy (non-hydrogen) atoms. The van der Waals surface area contributed by atoms with E-state index < -0.39 is 15.5 Å². The van der Waals surface area contributed by atoms with Crippen LogP contribution in [0.2, 0.25) is 0 Å². The van der Waals surface area contributed by atoms with E-state index >= 15 is 0 Å². The van der Waals surface area contributed by atoms with Gasteiger partial charge < -0.3 is 0 Å². The molecule has 0 aromatic heterocycles. The summed E-state index contributed by atoms with van der Waals surface area (Å²) in [6, 6.07) is 0. The second-order valence-electron chi connectivity index (χ2n) is 0.105. The molecule has 0 atom stereocenters. The first-order valence-electron chi connectivity index (χ1n) is 0.494. The molecule has 0 aliphatic heterocycles. The van der Waals surface area contributed by atoms with Crippen molar-refractivity contribution in [2.24, 2.45) is 0 Å². The van der Waals surface area contributed by atoms with E-state index in [-0.39, 0.29) is 23.5 Å². The van der Waals surface area contributed by atoms with Crippen LogP contribution in [-0.2, 0) is 3.80 Å². The molecule has 0 rings (SSSR count). The van der Waals surface area contributed by atoms with E-state index in [1.165, 1.54) is 0 Å². The normalized spacial score (nSPS) is 1.00. The van der Waals surface area contributed by atoms with Gasteiger partial charge in [-0.2, -0.15) is 0 Å². The molecule has 2 nitrogen and oxygen atoms in total. The average Bonchev–Trinajstić information content (AvgIpc) is 0.918. The first kappa shape index (κ1) is 113.